The lowest BCUT2D eigenvalue weighted by molar-refractivity contribution is 0.543. The van der Waals surface area contributed by atoms with Gasteiger partial charge in [-0.15, -0.1) is 0 Å². The van der Waals surface area contributed by atoms with E-state index in [1.54, 1.807) is 0 Å². The molecule has 108 valence electrons. The number of nitrogens with zero attached hydrogens (tertiary/aromatic N) is 4. The van der Waals surface area contributed by atoms with Gasteiger partial charge in [-0.05, 0) is 18.9 Å². The maximum atomic E-state index is 4.55. The van der Waals surface area contributed by atoms with Gasteiger partial charge in [0.15, 0.2) is 0 Å². The van der Waals surface area contributed by atoms with Crippen molar-refractivity contribution in [2.24, 2.45) is 0 Å². The summed E-state index contributed by atoms with van der Waals surface area (Å²) < 4.78 is 4.17. The van der Waals surface area contributed by atoms with Crippen molar-refractivity contribution in [2.45, 2.75) is 33.4 Å². The van der Waals surface area contributed by atoms with Crippen molar-refractivity contribution in [3.63, 3.8) is 0 Å². The molecule has 4 nitrogen and oxygen atoms in total. The van der Waals surface area contributed by atoms with Crippen LogP contribution in [0.3, 0.4) is 0 Å². The number of aromatic nitrogens is 4. The van der Waals surface area contributed by atoms with E-state index in [4.69, 9.17) is 0 Å². The van der Waals surface area contributed by atoms with Crippen molar-refractivity contribution in [3.05, 3.63) is 60.2 Å². The minimum atomic E-state index is 0.694. The predicted octanol–water partition coefficient (Wildman–Crippen LogP) is 3.51. The monoisotopic (exact) mass is 280 g/mol. The van der Waals surface area contributed by atoms with Gasteiger partial charge in [-0.25, -0.2) is 4.98 Å². The average Bonchev–Trinajstić information content (AvgIpc) is 3.09. The van der Waals surface area contributed by atoms with Gasteiger partial charge in [0.2, 0.25) is 0 Å². The Morgan fingerprint density at radius 1 is 1.10 bits per heavy atom. The molecule has 2 aromatic heterocycles. The van der Waals surface area contributed by atoms with Gasteiger partial charge in [-0.2, -0.15) is 5.10 Å². The standard InChI is InChI=1S/C17H20N4/c1-3-7-15-11-19-20(12-15)13-21-14(2)10-18-17(21)16-8-5-4-6-9-16/h4-6,8-12H,3,7,13H2,1-2H3. The maximum Gasteiger partial charge on any atom is 0.141 e. The Morgan fingerprint density at radius 3 is 2.67 bits per heavy atom. The molecule has 0 bridgehead atoms. The van der Waals surface area contributed by atoms with Crippen LogP contribution in [0.5, 0.6) is 0 Å². The van der Waals surface area contributed by atoms with E-state index < -0.39 is 0 Å². The smallest absolute Gasteiger partial charge is 0.141 e. The molecule has 0 atom stereocenters. The molecule has 3 aromatic rings. The van der Waals surface area contributed by atoms with Crippen LogP contribution in [-0.4, -0.2) is 19.3 Å². The van der Waals surface area contributed by atoms with Crippen LogP contribution in [0.2, 0.25) is 0 Å². The molecule has 2 heterocycles. The van der Waals surface area contributed by atoms with Crippen LogP contribution in [0.4, 0.5) is 0 Å². The zero-order valence-electron chi connectivity index (χ0n) is 12.5. The van der Waals surface area contributed by atoms with Crippen molar-refractivity contribution in [1.82, 2.24) is 19.3 Å². The van der Waals surface area contributed by atoms with Crippen molar-refractivity contribution < 1.29 is 0 Å². The normalized spacial score (nSPS) is 11.0. The molecule has 0 aliphatic rings. The van der Waals surface area contributed by atoms with E-state index in [0.29, 0.717) is 6.67 Å². The highest BCUT2D eigenvalue weighted by atomic mass is 15.3. The first kappa shape index (κ1) is 13.6. The SMILES string of the molecule is CCCc1cnn(Cn2c(C)cnc2-c2ccccc2)c1. The summed E-state index contributed by atoms with van der Waals surface area (Å²) in [6.45, 7) is 4.96. The lowest BCUT2D eigenvalue weighted by Crippen LogP contribution is -2.11. The molecule has 0 N–H and O–H groups in total. The van der Waals surface area contributed by atoms with Gasteiger partial charge in [0.05, 0.1) is 6.20 Å². The molecule has 0 aliphatic heterocycles. The second-order valence-corrected chi connectivity index (χ2v) is 5.30. The molecule has 0 saturated heterocycles. The van der Waals surface area contributed by atoms with Gasteiger partial charge in [-0.3, -0.25) is 4.68 Å². The van der Waals surface area contributed by atoms with Crippen LogP contribution in [0.15, 0.2) is 48.9 Å². The fourth-order valence-electron chi connectivity index (χ4n) is 2.50. The third kappa shape index (κ3) is 2.89. The zero-order chi connectivity index (χ0) is 14.7. The number of benzene rings is 1. The lowest BCUT2D eigenvalue weighted by Gasteiger charge is -2.10. The predicted molar refractivity (Wildman–Crippen MR) is 84.0 cm³/mol. The molecular weight excluding hydrogens is 260 g/mol. The average molecular weight is 280 g/mol. The highest BCUT2D eigenvalue weighted by Gasteiger charge is 2.09. The molecule has 3 rings (SSSR count). The quantitative estimate of drug-likeness (QED) is 0.717. The summed E-state index contributed by atoms with van der Waals surface area (Å²) in [6, 6.07) is 10.3. The number of imidazole rings is 1. The molecule has 0 unspecified atom stereocenters. The Bertz CT molecular complexity index is 709. The molecule has 0 radical (unpaired) electrons. The second-order valence-electron chi connectivity index (χ2n) is 5.30. The summed E-state index contributed by atoms with van der Waals surface area (Å²) >= 11 is 0. The van der Waals surface area contributed by atoms with Crippen molar-refractivity contribution >= 4 is 0 Å². The molecule has 1 aromatic carbocycles. The molecule has 21 heavy (non-hydrogen) atoms. The Kier molecular flexibility index (Phi) is 3.86. The van der Waals surface area contributed by atoms with E-state index in [-0.39, 0.29) is 0 Å². The molecule has 0 fully saturated rings. The number of hydrogen-bond donors (Lipinski definition) is 0. The van der Waals surface area contributed by atoms with Crippen LogP contribution in [0.25, 0.3) is 11.4 Å². The summed E-state index contributed by atoms with van der Waals surface area (Å²) in [5, 5.41) is 4.45. The van der Waals surface area contributed by atoms with E-state index in [1.807, 2.05) is 35.3 Å². The number of hydrogen-bond acceptors (Lipinski definition) is 2. The highest BCUT2D eigenvalue weighted by molar-refractivity contribution is 5.55. The summed E-state index contributed by atoms with van der Waals surface area (Å²) in [7, 11) is 0. The van der Waals surface area contributed by atoms with Crippen molar-refractivity contribution in [1.29, 1.82) is 0 Å². The Labute approximate surface area is 125 Å². The maximum absolute atomic E-state index is 4.55. The molecule has 0 spiro atoms. The van der Waals surface area contributed by atoms with Gasteiger partial charge >= 0.3 is 0 Å². The van der Waals surface area contributed by atoms with E-state index in [9.17, 15) is 0 Å². The fourth-order valence-corrected chi connectivity index (χ4v) is 2.50. The van der Waals surface area contributed by atoms with Crippen LogP contribution < -0.4 is 0 Å². The van der Waals surface area contributed by atoms with E-state index in [0.717, 1.165) is 29.9 Å². The summed E-state index contributed by atoms with van der Waals surface area (Å²) in [5.41, 5.74) is 3.56. The summed E-state index contributed by atoms with van der Waals surface area (Å²) in [6.07, 6.45) is 8.22. The Balaban J connectivity index is 1.90. The minimum Gasteiger partial charge on any atom is -0.308 e. The number of aryl methyl sites for hydroxylation is 2. The Morgan fingerprint density at radius 2 is 1.90 bits per heavy atom. The third-order valence-electron chi connectivity index (χ3n) is 3.60. The van der Waals surface area contributed by atoms with Crippen LogP contribution in [0.1, 0.15) is 24.6 Å². The second kappa shape index (κ2) is 5.95. The molecular formula is C17H20N4. The third-order valence-corrected chi connectivity index (χ3v) is 3.60. The van der Waals surface area contributed by atoms with Gasteiger partial charge < -0.3 is 4.57 Å². The van der Waals surface area contributed by atoms with Gasteiger partial charge in [-0.1, -0.05) is 43.7 Å². The van der Waals surface area contributed by atoms with E-state index >= 15 is 0 Å². The molecule has 0 saturated carbocycles. The van der Waals surface area contributed by atoms with Crippen LogP contribution in [0, 0.1) is 6.92 Å². The fraction of sp³-hybridized carbons (Fsp3) is 0.294. The first-order chi connectivity index (χ1) is 10.3. The first-order valence-electron chi connectivity index (χ1n) is 7.37. The highest BCUT2D eigenvalue weighted by Crippen LogP contribution is 2.19. The van der Waals surface area contributed by atoms with Gasteiger partial charge in [0, 0.05) is 23.7 Å². The van der Waals surface area contributed by atoms with Crippen molar-refractivity contribution in [3.8, 4) is 11.4 Å². The molecule has 0 amide bonds. The molecule has 0 aliphatic carbocycles. The summed E-state index contributed by atoms with van der Waals surface area (Å²) in [4.78, 5) is 4.55. The van der Waals surface area contributed by atoms with Crippen LogP contribution in [-0.2, 0) is 13.1 Å². The van der Waals surface area contributed by atoms with Crippen LogP contribution >= 0.6 is 0 Å². The minimum absolute atomic E-state index is 0.694. The van der Waals surface area contributed by atoms with Gasteiger partial charge in [0.25, 0.3) is 0 Å². The topological polar surface area (TPSA) is 35.6 Å². The first-order valence-corrected chi connectivity index (χ1v) is 7.37. The largest absolute Gasteiger partial charge is 0.308 e. The summed E-state index contributed by atoms with van der Waals surface area (Å²) in [5.74, 6) is 0.987. The Hall–Kier alpha value is -2.36. The van der Waals surface area contributed by atoms with E-state index in [2.05, 4.69) is 46.8 Å². The number of rotatable bonds is 5. The van der Waals surface area contributed by atoms with E-state index in [1.165, 1.54) is 5.56 Å². The van der Waals surface area contributed by atoms with Crippen molar-refractivity contribution in [2.75, 3.05) is 0 Å². The van der Waals surface area contributed by atoms with Gasteiger partial charge in [0.1, 0.15) is 12.5 Å². The molecule has 4 heteroatoms. The zero-order valence-corrected chi connectivity index (χ0v) is 12.5. The lowest BCUT2D eigenvalue weighted by atomic mass is 10.2.